The van der Waals surface area contributed by atoms with Crippen molar-refractivity contribution in [2.45, 2.75) is 251 Å². The molecule has 2 unspecified atom stereocenters. The predicted molar refractivity (Wildman–Crippen MR) is 258 cm³/mol. The molecule has 62 heavy (non-hydrogen) atoms. The number of ether oxygens (including phenoxy) is 4. The van der Waals surface area contributed by atoms with Gasteiger partial charge in [0.15, 0.2) is 6.10 Å². The molecule has 0 aromatic rings. The van der Waals surface area contributed by atoms with E-state index in [-0.39, 0.29) is 32.2 Å². The molecule has 2 atom stereocenters. The second-order valence-electron chi connectivity index (χ2n) is 18.8. The van der Waals surface area contributed by atoms with E-state index in [2.05, 4.69) is 38.2 Å². The van der Waals surface area contributed by atoms with Gasteiger partial charge in [0, 0.05) is 12.8 Å². The first-order chi connectivity index (χ1) is 30.1. The van der Waals surface area contributed by atoms with Crippen LogP contribution >= 0.6 is 0 Å². The van der Waals surface area contributed by atoms with Gasteiger partial charge in [-0.15, -0.1) is 0 Å². The van der Waals surface area contributed by atoms with Gasteiger partial charge in [0.05, 0.1) is 34.4 Å². The summed E-state index contributed by atoms with van der Waals surface area (Å²) in [4.78, 5) is 37.3. The minimum atomic E-state index is -1.51. The predicted octanol–water partition coefficient (Wildman–Crippen LogP) is 14.4. The van der Waals surface area contributed by atoms with Crippen molar-refractivity contribution in [1.82, 2.24) is 0 Å². The van der Waals surface area contributed by atoms with Crippen LogP contribution < -0.4 is 0 Å². The maximum absolute atomic E-state index is 12.8. The third-order valence-electron chi connectivity index (χ3n) is 11.5. The Morgan fingerprint density at radius 2 is 0.871 bits per heavy atom. The van der Waals surface area contributed by atoms with Crippen LogP contribution in [0.1, 0.15) is 239 Å². The lowest BCUT2D eigenvalue weighted by molar-refractivity contribution is -0.870. The summed E-state index contributed by atoms with van der Waals surface area (Å²) in [7, 11) is 5.97. The van der Waals surface area contributed by atoms with Crippen LogP contribution in [-0.2, 0) is 33.3 Å². The number of hydrogen-bond acceptors (Lipinski definition) is 7. The van der Waals surface area contributed by atoms with Crippen LogP contribution in [0.25, 0.3) is 0 Å². The van der Waals surface area contributed by atoms with Gasteiger partial charge in [0.25, 0.3) is 6.29 Å². The lowest BCUT2D eigenvalue weighted by Crippen LogP contribution is -2.40. The Hall–Kier alpha value is -2.23. The normalized spacial score (nSPS) is 13.0. The lowest BCUT2D eigenvalue weighted by Gasteiger charge is -2.25. The number of esters is 2. The highest BCUT2D eigenvalue weighted by molar-refractivity contribution is 5.71. The summed E-state index contributed by atoms with van der Waals surface area (Å²) in [5.74, 6) is -2.00. The van der Waals surface area contributed by atoms with Crippen LogP contribution in [0.15, 0.2) is 24.3 Å². The van der Waals surface area contributed by atoms with Gasteiger partial charge in [0.2, 0.25) is 0 Å². The summed E-state index contributed by atoms with van der Waals surface area (Å²) < 4.78 is 22.8. The largest absolute Gasteiger partial charge is 0.477 e. The number of hydrogen-bond donors (Lipinski definition) is 1. The van der Waals surface area contributed by atoms with Crippen LogP contribution in [-0.4, -0.2) is 87.4 Å². The Morgan fingerprint density at radius 1 is 0.484 bits per heavy atom. The Morgan fingerprint density at radius 3 is 1.31 bits per heavy atom. The molecule has 0 spiro atoms. The van der Waals surface area contributed by atoms with Gasteiger partial charge in [-0.2, -0.15) is 0 Å². The van der Waals surface area contributed by atoms with Gasteiger partial charge in [-0.3, -0.25) is 9.59 Å². The van der Waals surface area contributed by atoms with E-state index in [1.165, 1.54) is 161 Å². The molecule has 9 heteroatoms. The van der Waals surface area contributed by atoms with Crippen LogP contribution in [0.5, 0.6) is 0 Å². The third-order valence-corrected chi connectivity index (χ3v) is 11.5. The number of quaternary nitrogens is 1. The zero-order valence-electron chi connectivity index (χ0n) is 41.3. The van der Waals surface area contributed by atoms with Gasteiger partial charge in [-0.1, -0.05) is 205 Å². The highest BCUT2D eigenvalue weighted by Gasteiger charge is 2.25. The van der Waals surface area contributed by atoms with E-state index in [0.29, 0.717) is 17.4 Å². The topological polar surface area (TPSA) is 108 Å². The van der Waals surface area contributed by atoms with Crippen molar-refractivity contribution in [2.75, 3.05) is 47.5 Å². The summed E-state index contributed by atoms with van der Waals surface area (Å²) in [5.41, 5.74) is 0. The first kappa shape index (κ1) is 59.8. The second kappa shape index (κ2) is 45.3. The average Bonchev–Trinajstić information content (AvgIpc) is 3.23. The van der Waals surface area contributed by atoms with Crippen molar-refractivity contribution < 1.29 is 42.9 Å². The van der Waals surface area contributed by atoms with Crippen molar-refractivity contribution >= 4 is 17.9 Å². The number of likely N-dealkylation sites (N-methyl/N-ethyl adjacent to an activating group) is 1. The van der Waals surface area contributed by atoms with Crippen LogP contribution in [0.4, 0.5) is 0 Å². The molecule has 0 heterocycles. The highest BCUT2D eigenvalue weighted by Crippen LogP contribution is 2.16. The molecule has 0 rings (SSSR count). The number of carboxylic acid groups (broad SMARTS) is 1. The van der Waals surface area contributed by atoms with Crippen molar-refractivity contribution in [2.24, 2.45) is 0 Å². The molecule has 0 aromatic carbocycles. The first-order valence-electron chi connectivity index (χ1n) is 26.0. The molecule has 1 N–H and O–H groups in total. The van der Waals surface area contributed by atoms with Crippen LogP contribution in [0, 0.1) is 0 Å². The Balaban J connectivity index is 4.32. The number of carbonyl (C=O) groups excluding carboxylic acids is 2. The van der Waals surface area contributed by atoms with Gasteiger partial charge in [0.1, 0.15) is 13.2 Å². The number of unbranched alkanes of at least 4 members (excludes halogenated alkanes) is 29. The van der Waals surface area contributed by atoms with E-state index in [1.807, 2.05) is 21.1 Å². The van der Waals surface area contributed by atoms with E-state index >= 15 is 0 Å². The van der Waals surface area contributed by atoms with E-state index < -0.39 is 24.3 Å². The van der Waals surface area contributed by atoms with E-state index in [9.17, 15) is 19.5 Å². The van der Waals surface area contributed by atoms with E-state index in [1.54, 1.807) is 0 Å². The fourth-order valence-corrected chi connectivity index (χ4v) is 7.40. The van der Waals surface area contributed by atoms with Crippen molar-refractivity contribution in [1.29, 1.82) is 0 Å². The molecule has 0 aromatic heterocycles. The van der Waals surface area contributed by atoms with Crippen molar-refractivity contribution in [3.05, 3.63) is 24.3 Å². The zero-order valence-corrected chi connectivity index (χ0v) is 41.3. The summed E-state index contributed by atoms with van der Waals surface area (Å²) >= 11 is 0. The highest BCUT2D eigenvalue weighted by atomic mass is 16.7. The molecule has 0 aliphatic carbocycles. The molecule has 0 aliphatic rings. The number of allylic oxidation sites excluding steroid dienone is 4. The summed E-state index contributed by atoms with van der Waals surface area (Å²) in [5, 5.41) is 9.67. The number of nitrogens with zero attached hydrogens (tertiary/aromatic N) is 1. The number of carboxylic acids is 1. The molecular formula is C53H100NO8+. The first-order valence-corrected chi connectivity index (χ1v) is 26.0. The Labute approximate surface area is 382 Å². The summed E-state index contributed by atoms with van der Waals surface area (Å²) in [6.07, 6.45) is 48.0. The van der Waals surface area contributed by atoms with Gasteiger partial charge in [-0.05, 0) is 44.9 Å². The molecule has 0 bridgehead atoms. The Bertz CT molecular complexity index is 1070. The summed E-state index contributed by atoms with van der Waals surface area (Å²) in [6, 6.07) is 0. The van der Waals surface area contributed by atoms with E-state index in [4.69, 9.17) is 18.9 Å². The maximum Gasteiger partial charge on any atom is 0.361 e. The Kier molecular flexibility index (Phi) is 43.7. The zero-order chi connectivity index (χ0) is 45.6. The number of carbonyl (C=O) groups is 3. The quantitative estimate of drug-likeness (QED) is 0.0212. The summed E-state index contributed by atoms with van der Waals surface area (Å²) in [6.45, 7) is 4.88. The smallest absolute Gasteiger partial charge is 0.361 e. The lowest BCUT2D eigenvalue weighted by atomic mass is 10.0. The van der Waals surface area contributed by atoms with Gasteiger partial charge in [-0.25, -0.2) is 4.79 Å². The molecule has 0 saturated carbocycles. The average molecular weight is 879 g/mol. The number of aliphatic carboxylic acids is 1. The number of rotatable bonds is 48. The molecule has 0 amide bonds. The molecule has 9 nitrogen and oxygen atoms in total. The van der Waals surface area contributed by atoms with Crippen molar-refractivity contribution in [3.63, 3.8) is 0 Å². The molecule has 0 saturated heterocycles. The molecular weight excluding hydrogens is 779 g/mol. The SMILES string of the molecule is CCCCC/C=C\C/C=C\CCCCCCCCCCCC(=O)OC(COC(=O)CCCCCCCCCCCCCCCCCCCC)COC(OCC[N+](C)(C)C)C(=O)O. The van der Waals surface area contributed by atoms with Crippen LogP contribution in [0.2, 0.25) is 0 Å². The van der Waals surface area contributed by atoms with Gasteiger partial charge < -0.3 is 28.5 Å². The molecule has 0 radical (unpaired) electrons. The monoisotopic (exact) mass is 879 g/mol. The van der Waals surface area contributed by atoms with E-state index in [0.717, 1.165) is 51.4 Å². The van der Waals surface area contributed by atoms with Crippen LogP contribution in [0.3, 0.4) is 0 Å². The fourth-order valence-electron chi connectivity index (χ4n) is 7.40. The fraction of sp³-hybridized carbons (Fsp3) is 0.868. The standard InChI is InChI=1S/C53H99NO8/c1-6-8-10-12-14-16-18-20-22-24-26-28-30-32-34-36-38-40-42-44-51(56)62-49(48-61-53(52(57)58)59-46-45-54(3,4)5)47-60-50(55)43-41-39-37-35-33-31-29-27-25-23-21-19-17-15-13-11-9-7-2/h14,16,20,22,49,53H,6-13,15,17-19,21,23-48H2,1-5H3/p+1/b16-14-,22-20-. The van der Waals surface area contributed by atoms with Gasteiger partial charge >= 0.3 is 17.9 Å². The maximum atomic E-state index is 12.8. The third kappa shape index (κ3) is 45.8. The van der Waals surface area contributed by atoms with Crippen molar-refractivity contribution in [3.8, 4) is 0 Å². The molecule has 364 valence electrons. The molecule has 0 fully saturated rings. The minimum Gasteiger partial charge on any atom is -0.477 e. The second-order valence-corrected chi connectivity index (χ2v) is 18.8. The minimum absolute atomic E-state index is 0.179. The molecule has 0 aliphatic heterocycles.